The van der Waals surface area contributed by atoms with Crippen molar-refractivity contribution >= 4 is 23.4 Å². The molecule has 0 bridgehead atoms. The van der Waals surface area contributed by atoms with Crippen LogP contribution in [0.25, 0.3) is 0 Å². The monoisotopic (exact) mass is 436 g/mol. The van der Waals surface area contributed by atoms with Crippen LogP contribution in [0.4, 0.5) is 0 Å². The van der Waals surface area contributed by atoms with Gasteiger partial charge in [0, 0.05) is 12.8 Å². The first-order chi connectivity index (χ1) is 14.1. The van der Waals surface area contributed by atoms with Crippen molar-refractivity contribution in [2.75, 3.05) is 6.61 Å². The molecule has 4 nitrogen and oxygen atoms in total. The summed E-state index contributed by atoms with van der Waals surface area (Å²) in [5.74, 6) is 2.80. The fourth-order valence-corrected chi connectivity index (χ4v) is 8.05. The van der Waals surface area contributed by atoms with Crippen LogP contribution in [0.2, 0.25) is 0 Å². The molecule has 30 heavy (non-hydrogen) atoms. The van der Waals surface area contributed by atoms with Crippen LogP contribution in [0.5, 0.6) is 0 Å². The summed E-state index contributed by atoms with van der Waals surface area (Å²) in [7, 11) is 0. The average Bonchev–Trinajstić information content (AvgIpc) is 3.02. The van der Waals surface area contributed by atoms with Gasteiger partial charge in [-0.1, -0.05) is 38.4 Å². The Hall–Kier alpha value is -0.870. The number of fused-ring (bicyclic) bond motifs is 5. The van der Waals surface area contributed by atoms with Crippen LogP contribution in [0, 0.1) is 40.4 Å². The van der Waals surface area contributed by atoms with Crippen LogP contribution in [-0.2, 0) is 14.3 Å². The number of ether oxygens (including phenoxy) is 1. The maximum absolute atomic E-state index is 12.0. The molecule has 0 spiro atoms. The zero-order valence-corrected chi connectivity index (χ0v) is 19.4. The normalized spacial score (nSPS) is 44.6. The summed E-state index contributed by atoms with van der Waals surface area (Å²) in [4.78, 5) is 23.5. The molecule has 0 radical (unpaired) electrons. The second-order valence-corrected chi connectivity index (χ2v) is 11.7. The van der Waals surface area contributed by atoms with Gasteiger partial charge in [-0.3, -0.25) is 9.59 Å². The SMILES string of the molecule is CCC(=O)OCC(O)(Cl)CC1CC[C@H]2[C@@H]3CCC4CC(=O)C=C[C@]4(C)[C@@H]3CC[C@]12C. The van der Waals surface area contributed by atoms with Crippen molar-refractivity contribution in [2.45, 2.75) is 83.6 Å². The molecule has 4 aliphatic rings. The van der Waals surface area contributed by atoms with E-state index in [1.807, 2.05) is 6.08 Å². The topological polar surface area (TPSA) is 63.6 Å². The molecule has 168 valence electrons. The molecule has 3 saturated carbocycles. The summed E-state index contributed by atoms with van der Waals surface area (Å²) >= 11 is 6.41. The smallest absolute Gasteiger partial charge is 0.305 e. The lowest BCUT2D eigenvalue weighted by molar-refractivity contribution is -0.148. The molecule has 3 unspecified atom stereocenters. The number of ketones is 1. The molecule has 8 atom stereocenters. The third-order valence-electron chi connectivity index (χ3n) is 9.54. The molecule has 0 aromatic heterocycles. The van der Waals surface area contributed by atoms with Crippen molar-refractivity contribution in [1.82, 2.24) is 0 Å². The van der Waals surface area contributed by atoms with Crippen molar-refractivity contribution in [3.63, 3.8) is 0 Å². The van der Waals surface area contributed by atoms with Gasteiger partial charge >= 0.3 is 5.97 Å². The lowest BCUT2D eigenvalue weighted by atomic mass is 9.46. The zero-order chi connectivity index (χ0) is 21.7. The van der Waals surface area contributed by atoms with Gasteiger partial charge in [-0.2, -0.15) is 0 Å². The van der Waals surface area contributed by atoms with Crippen molar-refractivity contribution in [3.05, 3.63) is 12.2 Å². The largest absolute Gasteiger partial charge is 0.461 e. The van der Waals surface area contributed by atoms with Crippen molar-refractivity contribution in [1.29, 1.82) is 0 Å². The van der Waals surface area contributed by atoms with Crippen molar-refractivity contribution in [3.8, 4) is 0 Å². The molecule has 4 rings (SSSR count). The molecule has 5 heteroatoms. The Kier molecular flexibility index (Phi) is 5.89. The van der Waals surface area contributed by atoms with Gasteiger partial charge in [0.15, 0.2) is 10.8 Å². The van der Waals surface area contributed by atoms with E-state index >= 15 is 0 Å². The summed E-state index contributed by atoms with van der Waals surface area (Å²) in [6, 6.07) is 0. The number of alkyl halides is 1. The molecule has 0 aromatic rings. The number of esters is 1. The van der Waals surface area contributed by atoms with Crippen LogP contribution < -0.4 is 0 Å². The minimum Gasteiger partial charge on any atom is -0.461 e. The Morgan fingerprint density at radius 3 is 2.73 bits per heavy atom. The molecule has 0 aliphatic heterocycles. The van der Waals surface area contributed by atoms with E-state index in [9.17, 15) is 14.7 Å². The van der Waals surface area contributed by atoms with Crippen LogP contribution in [0.15, 0.2) is 12.2 Å². The van der Waals surface area contributed by atoms with Gasteiger partial charge in [0.2, 0.25) is 0 Å². The number of hydrogen-bond acceptors (Lipinski definition) is 4. The van der Waals surface area contributed by atoms with Gasteiger partial charge < -0.3 is 9.84 Å². The standard InChI is InChI=1S/C25H37ClO4/c1-4-22(28)30-15-25(26,29)14-17-6-8-20-19-7-5-16-13-18(27)9-11-23(16,2)21(19)10-12-24(17,20)3/h9,11,16-17,19-21,29H,4-8,10,12-15H2,1-3H3/t16?,17?,19-,20-,21+,23-,24+,25?/m0/s1. The lowest BCUT2D eigenvalue weighted by Crippen LogP contribution is -2.52. The summed E-state index contributed by atoms with van der Waals surface area (Å²) in [6.07, 6.45) is 12.5. The molecular formula is C25H37ClO4. The van der Waals surface area contributed by atoms with E-state index < -0.39 is 5.06 Å². The highest BCUT2D eigenvalue weighted by atomic mass is 35.5. The lowest BCUT2D eigenvalue weighted by Gasteiger charge is -2.59. The first-order valence-corrected chi connectivity index (χ1v) is 12.3. The first-order valence-electron chi connectivity index (χ1n) is 11.9. The maximum Gasteiger partial charge on any atom is 0.305 e. The maximum atomic E-state index is 12.0. The van der Waals surface area contributed by atoms with Gasteiger partial charge in [-0.15, -0.1) is 0 Å². The van der Waals surface area contributed by atoms with Gasteiger partial charge in [-0.05, 0) is 91.4 Å². The number of halogens is 1. The van der Waals surface area contributed by atoms with E-state index in [2.05, 4.69) is 19.9 Å². The highest BCUT2D eigenvalue weighted by molar-refractivity contribution is 6.22. The molecule has 3 fully saturated rings. The number of aliphatic hydroxyl groups is 1. The molecular weight excluding hydrogens is 400 g/mol. The zero-order valence-electron chi connectivity index (χ0n) is 18.7. The van der Waals surface area contributed by atoms with Gasteiger partial charge in [0.1, 0.15) is 6.61 Å². The fraction of sp³-hybridized carbons (Fsp3) is 0.840. The number of rotatable bonds is 5. The molecule has 0 aromatic carbocycles. The van der Waals surface area contributed by atoms with Crippen LogP contribution in [0.1, 0.15) is 78.6 Å². The highest BCUT2D eigenvalue weighted by Crippen LogP contribution is 2.67. The third kappa shape index (κ3) is 3.77. The Bertz CT molecular complexity index is 731. The predicted octanol–water partition coefficient (Wildman–Crippen LogP) is 5.26. The number of hydrogen-bond donors (Lipinski definition) is 1. The van der Waals surface area contributed by atoms with E-state index in [0.29, 0.717) is 48.2 Å². The third-order valence-corrected chi connectivity index (χ3v) is 9.80. The van der Waals surface area contributed by atoms with Crippen molar-refractivity contribution < 1.29 is 19.4 Å². The quantitative estimate of drug-likeness (QED) is 0.471. The average molecular weight is 437 g/mol. The van der Waals surface area contributed by atoms with Crippen LogP contribution >= 0.6 is 11.6 Å². The van der Waals surface area contributed by atoms with E-state index in [4.69, 9.17) is 16.3 Å². The molecule has 1 N–H and O–H groups in total. The summed E-state index contributed by atoms with van der Waals surface area (Å²) in [6.45, 7) is 6.41. The Morgan fingerprint density at radius 1 is 1.23 bits per heavy atom. The van der Waals surface area contributed by atoms with Crippen LogP contribution in [0.3, 0.4) is 0 Å². The molecule has 0 saturated heterocycles. The van der Waals surface area contributed by atoms with E-state index in [-0.39, 0.29) is 23.4 Å². The summed E-state index contributed by atoms with van der Waals surface area (Å²) in [5.41, 5.74) is 0.327. The highest BCUT2D eigenvalue weighted by Gasteiger charge is 2.60. The van der Waals surface area contributed by atoms with Gasteiger partial charge in [0.05, 0.1) is 0 Å². The number of carbonyl (C=O) groups is 2. The minimum absolute atomic E-state index is 0.136. The summed E-state index contributed by atoms with van der Waals surface area (Å²) < 4.78 is 5.15. The van der Waals surface area contributed by atoms with E-state index in [0.717, 1.165) is 25.7 Å². The van der Waals surface area contributed by atoms with Crippen molar-refractivity contribution in [2.24, 2.45) is 40.4 Å². The Morgan fingerprint density at radius 2 is 2.00 bits per heavy atom. The van der Waals surface area contributed by atoms with Crippen LogP contribution in [-0.4, -0.2) is 28.5 Å². The van der Waals surface area contributed by atoms with E-state index in [1.165, 1.54) is 19.3 Å². The van der Waals surface area contributed by atoms with Gasteiger partial charge in [-0.25, -0.2) is 0 Å². The summed E-state index contributed by atoms with van der Waals surface area (Å²) in [5, 5.41) is 9.24. The fourth-order valence-electron chi connectivity index (χ4n) is 7.81. The predicted molar refractivity (Wildman–Crippen MR) is 117 cm³/mol. The molecule has 4 aliphatic carbocycles. The molecule has 0 heterocycles. The number of carbonyl (C=O) groups excluding carboxylic acids is 2. The number of allylic oxidation sites excluding steroid dienone is 2. The van der Waals surface area contributed by atoms with Gasteiger partial charge in [0.25, 0.3) is 0 Å². The minimum atomic E-state index is -1.49. The second-order valence-electron chi connectivity index (χ2n) is 11.0. The Labute approximate surface area is 185 Å². The Balaban J connectivity index is 1.48. The van der Waals surface area contributed by atoms with E-state index in [1.54, 1.807) is 6.92 Å². The first kappa shape index (κ1) is 22.3. The molecule has 0 amide bonds. The second kappa shape index (κ2) is 7.92.